The van der Waals surface area contributed by atoms with Crippen LogP contribution >= 0.6 is 0 Å². The van der Waals surface area contributed by atoms with Crippen LogP contribution in [0.3, 0.4) is 0 Å². The zero-order valence-corrected chi connectivity index (χ0v) is 10.3. The molecule has 0 aliphatic rings. The first-order valence-electron chi connectivity index (χ1n) is 5.67. The number of carboxylic acids is 1. The molecule has 0 unspecified atom stereocenters. The van der Waals surface area contributed by atoms with Gasteiger partial charge >= 0.3 is 5.97 Å². The van der Waals surface area contributed by atoms with Gasteiger partial charge in [0.1, 0.15) is 17.9 Å². The van der Waals surface area contributed by atoms with Crippen LogP contribution in [0.1, 0.15) is 15.9 Å². The molecule has 0 saturated heterocycles. The third kappa shape index (κ3) is 3.03. The third-order valence-corrected chi connectivity index (χ3v) is 2.61. The average molecular weight is 279 g/mol. The quantitative estimate of drug-likeness (QED) is 0.844. The normalized spacial score (nSPS) is 10.3. The van der Waals surface area contributed by atoms with Gasteiger partial charge in [-0.15, -0.1) is 0 Å². The molecule has 0 bridgehead atoms. The monoisotopic (exact) mass is 279 g/mol. The Morgan fingerprint density at radius 1 is 1.15 bits per heavy atom. The summed E-state index contributed by atoms with van der Waals surface area (Å²) in [6.45, 7) is -0.0819. The van der Waals surface area contributed by atoms with Crippen molar-refractivity contribution in [3.63, 3.8) is 0 Å². The van der Waals surface area contributed by atoms with Crippen LogP contribution in [-0.4, -0.2) is 11.1 Å². The molecule has 0 fully saturated rings. The number of nitrogen functional groups attached to an aromatic ring is 1. The predicted octanol–water partition coefficient (Wildman–Crippen LogP) is 2.82. The van der Waals surface area contributed by atoms with Gasteiger partial charge in [-0.3, -0.25) is 0 Å². The standard InChI is InChI=1S/C14H11F2NO3/c15-11-3-1-8(5-12(11)16)7-20-13-4-2-9(17)6-10(13)14(18)19/h1-6H,7,17H2,(H,18,19). The second-order valence-electron chi connectivity index (χ2n) is 4.10. The molecule has 2 aromatic carbocycles. The van der Waals surface area contributed by atoms with Gasteiger partial charge in [-0.2, -0.15) is 0 Å². The fourth-order valence-corrected chi connectivity index (χ4v) is 1.63. The Kier molecular flexibility index (Phi) is 3.84. The van der Waals surface area contributed by atoms with Gasteiger partial charge in [-0.25, -0.2) is 13.6 Å². The van der Waals surface area contributed by atoms with Crippen LogP contribution in [0.4, 0.5) is 14.5 Å². The van der Waals surface area contributed by atoms with Crippen LogP contribution in [0.2, 0.25) is 0 Å². The Balaban J connectivity index is 2.18. The minimum absolute atomic E-state index is 0.0819. The van der Waals surface area contributed by atoms with Gasteiger partial charge in [-0.1, -0.05) is 6.07 Å². The van der Waals surface area contributed by atoms with Gasteiger partial charge in [0.2, 0.25) is 0 Å². The van der Waals surface area contributed by atoms with Gasteiger partial charge in [0.25, 0.3) is 0 Å². The van der Waals surface area contributed by atoms with Crippen molar-refractivity contribution >= 4 is 11.7 Å². The van der Waals surface area contributed by atoms with Crippen molar-refractivity contribution in [1.29, 1.82) is 0 Å². The molecule has 0 spiro atoms. The highest BCUT2D eigenvalue weighted by Gasteiger charge is 2.12. The smallest absolute Gasteiger partial charge is 0.339 e. The van der Waals surface area contributed by atoms with Crippen molar-refractivity contribution in [3.8, 4) is 5.75 Å². The molecule has 0 amide bonds. The summed E-state index contributed by atoms with van der Waals surface area (Å²) >= 11 is 0. The number of aromatic carboxylic acids is 1. The summed E-state index contributed by atoms with van der Waals surface area (Å²) in [5, 5.41) is 9.02. The van der Waals surface area contributed by atoms with Gasteiger partial charge in [0.05, 0.1) is 0 Å². The van der Waals surface area contributed by atoms with E-state index in [2.05, 4.69) is 0 Å². The van der Waals surface area contributed by atoms with E-state index >= 15 is 0 Å². The first kappa shape index (κ1) is 13.8. The highest BCUT2D eigenvalue weighted by atomic mass is 19.2. The van der Waals surface area contributed by atoms with Crippen molar-refractivity contribution < 1.29 is 23.4 Å². The minimum atomic E-state index is -1.18. The number of hydrogen-bond acceptors (Lipinski definition) is 3. The maximum absolute atomic E-state index is 13.0. The summed E-state index contributed by atoms with van der Waals surface area (Å²) in [4.78, 5) is 11.0. The first-order chi connectivity index (χ1) is 9.47. The molecule has 20 heavy (non-hydrogen) atoms. The molecule has 0 aliphatic carbocycles. The summed E-state index contributed by atoms with van der Waals surface area (Å²) in [7, 11) is 0. The molecule has 2 aromatic rings. The molecule has 104 valence electrons. The molecule has 0 heterocycles. The highest BCUT2D eigenvalue weighted by molar-refractivity contribution is 5.92. The van der Waals surface area contributed by atoms with Crippen molar-refractivity contribution in [2.24, 2.45) is 0 Å². The van der Waals surface area contributed by atoms with E-state index in [4.69, 9.17) is 15.6 Å². The number of rotatable bonds is 4. The molecule has 0 aromatic heterocycles. The summed E-state index contributed by atoms with van der Waals surface area (Å²) in [6, 6.07) is 7.51. The molecule has 6 heteroatoms. The first-order valence-corrected chi connectivity index (χ1v) is 5.67. The number of benzene rings is 2. The van der Waals surface area contributed by atoms with E-state index in [1.54, 1.807) is 0 Å². The summed E-state index contributed by atoms with van der Waals surface area (Å²) in [5.74, 6) is -3.01. The van der Waals surface area contributed by atoms with Gasteiger partial charge in [0.15, 0.2) is 11.6 Å². The number of nitrogens with two attached hydrogens (primary N) is 1. The van der Waals surface area contributed by atoms with Crippen LogP contribution in [0.25, 0.3) is 0 Å². The molecule has 3 N–H and O–H groups in total. The molecule has 2 rings (SSSR count). The Morgan fingerprint density at radius 2 is 1.90 bits per heavy atom. The van der Waals surface area contributed by atoms with Crippen molar-refractivity contribution in [1.82, 2.24) is 0 Å². The van der Waals surface area contributed by atoms with Gasteiger partial charge in [-0.05, 0) is 35.9 Å². The fourth-order valence-electron chi connectivity index (χ4n) is 1.63. The third-order valence-electron chi connectivity index (χ3n) is 2.61. The molecule has 0 saturated carbocycles. The van der Waals surface area contributed by atoms with Gasteiger partial charge in [0, 0.05) is 5.69 Å². The maximum atomic E-state index is 13.0. The maximum Gasteiger partial charge on any atom is 0.339 e. The van der Waals surface area contributed by atoms with E-state index in [1.807, 2.05) is 0 Å². The van der Waals surface area contributed by atoms with Crippen LogP contribution in [-0.2, 0) is 6.61 Å². The van der Waals surface area contributed by atoms with Crippen LogP contribution in [0, 0.1) is 11.6 Å². The van der Waals surface area contributed by atoms with Crippen LogP contribution in [0.5, 0.6) is 5.75 Å². The van der Waals surface area contributed by atoms with Crippen LogP contribution in [0.15, 0.2) is 36.4 Å². The lowest BCUT2D eigenvalue weighted by atomic mass is 10.1. The van der Waals surface area contributed by atoms with Gasteiger partial charge < -0.3 is 15.6 Å². The second kappa shape index (κ2) is 5.56. The van der Waals surface area contributed by atoms with E-state index in [0.717, 1.165) is 12.1 Å². The highest BCUT2D eigenvalue weighted by Crippen LogP contribution is 2.22. The molecular formula is C14H11F2NO3. The summed E-state index contributed by atoms with van der Waals surface area (Å²) < 4.78 is 31.1. The fraction of sp³-hybridized carbons (Fsp3) is 0.0714. The molecule has 4 nitrogen and oxygen atoms in total. The lowest BCUT2D eigenvalue weighted by Crippen LogP contribution is -2.04. The zero-order chi connectivity index (χ0) is 14.7. The SMILES string of the molecule is Nc1ccc(OCc2ccc(F)c(F)c2)c(C(=O)O)c1. The lowest BCUT2D eigenvalue weighted by molar-refractivity contribution is 0.0692. The number of halogens is 2. The van der Waals surface area contributed by atoms with Crippen molar-refractivity contribution in [2.75, 3.05) is 5.73 Å². The number of carbonyl (C=O) groups is 1. The van der Waals surface area contributed by atoms with E-state index in [9.17, 15) is 13.6 Å². The van der Waals surface area contributed by atoms with Crippen LogP contribution < -0.4 is 10.5 Å². The van der Waals surface area contributed by atoms with E-state index < -0.39 is 17.6 Å². The van der Waals surface area contributed by atoms with E-state index in [1.165, 1.54) is 24.3 Å². The molecular weight excluding hydrogens is 268 g/mol. The topological polar surface area (TPSA) is 72.5 Å². The summed E-state index contributed by atoms with van der Waals surface area (Å²) in [6.07, 6.45) is 0. The minimum Gasteiger partial charge on any atom is -0.488 e. The lowest BCUT2D eigenvalue weighted by Gasteiger charge is -2.10. The molecule has 0 aliphatic heterocycles. The van der Waals surface area contributed by atoms with E-state index in [0.29, 0.717) is 11.3 Å². The number of hydrogen-bond donors (Lipinski definition) is 2. The molecule has 0 atom stereocenters. The average Bonchev–Trinajstić information content (AvgIpc) is 2.41. The number of ether oxygens (including phenoxy) is 1. The van der Waals surface area contributed by atoms with E-state index in [-0.39, 0.29) is 17.9 Å². The van der Waals surface area contributed by atoms with Crippen molar-refractivity contribution in [3.05, 3.63) is 59.2 Å². The second-order valence-corrected chi connectivity index (χ2v) is 4.10. The number of anilines is 1. The predicted molar refractivity (Wildman–Crippen MR) is 68.5 cm³/mol. The summed E-state index contributed by atoms with van der Waals surface area (Å²) in [5.41, 5.74) is 6.09. The Bertz CT molecular complexity index is 659. The zero-order valence-electron chi connectivity index (χ0n) is 10.3. The van der Waals surface area contributed by atoms with Crippen molar-refractivity contribution in [2.45, 2.75) is 6.61 Å². The number of carboxylic acid groups (broad SMARTS) is 1. The Hall–Kier alpha value is -2.63. The Morgan fingerprint density at radius 3 is 2.55 bits per heavy atom. The molecule has 0 radical (unpaired) electrons. The largest absolute Gasteiger partial charge is 0.488 e. The Labute approximate surface area is 113 Å².